The largest absolute Gasteiger partial charge is 0.511 e. The lowest BCUT2D eigenvalue weighted by Crippen LogP contribution is -2.31. The molecule has 1 aromatic rings. The van der Waals surface area contributed by atoms with Crippen LogP contribution in [0.25, 0.3) is 0 Å². The van der Waals surface area contributed by atoms with E-state index >= 15 is 0 Å². The Morgan fingerprint density at radius 2 is 1.95 bits per heavy atom. The summed E-state index contributed by atoms with van der Waals surface area (Å²) in [5.41, 5.74) is 6.69. The van der Waals surface area contributed by atoms with Crippen molar-refractivity contribution in [2.75, 3.05) is 5.73 Å². The molecule has 0 bridgehead atoms. The van der Waals surface area contributed by atoms with Crippen molar-refractivity contribution in [3.63, 3.8) is 0 Å². The molecule has 1 saturated heterocycles. The van der Waals surface area contributed by atoms with E-state index in [-0.39, 0.29) is 42.4 Å². The molecule has 0 aromatic heterocycles. The second-order valence-electron chi connectivity index (χ2n) is 4.58. The first-order chi connectivity index (χ1) is 8.97. The number of carbonyl (C=O) groups excluding carboxylic acids is 2. The SMILES string of the molecule is CC1CC(=O)/C(=C(\O)Cc2ccc(N)cc2)C(=O)O1.Cl. The highest BCUT2D eigenvalue weighted by atomic mass is 35.5. The summed E-state index contributed by atoms with van der Waals surface area (Å²) in [7, 11) is 0. The Hall–Kier alpha value is -2.01. The van der Waals surface area contributed by atoms with E-state index in [1.165, 1.54) is 0 Å². The third kappa shape index (κ3) is 3.51. The number of carbonyl (C=O) groups is 2. The maximum absolute atomic E-state index is 11.8. The van der Waals surface area contributed by atoms with Gasteiger partial charge in [-0.1, -0.05) is 12.1 Å². The molecule has 1 aromatic carbocycles. The normalized spacial score (nSPS) is 20.9. The molecule has 0 radical (unpaired) electrons. The number of aliphatic hydroxyl groups excluding tert-OH is 1. The van der Waals surface area contributed by atoms with Crippen LogP contribution < -0.4 is 5.73 Å². The predicted molar refractivity (Wildman–Crippen MR) is 76.6 cm³/mol. The Morgan fingerprint density at radius 1 is 1.35 bits per heavy atom. The molecule has 1 aliphatic rings. The van der Waals surface area contributed by atoms with Crippen molar-refractivity contribution in [3.8, 4) is 0 Å². The molecule has 6 heteroatoms. The number of cyclic esters (lactones) is 1. The summed E-state index contributed by atoms with van der Waals surface area (Å²) in [5.74, 6) is -1.39. The van der Waals surface area contributed by atoms with Gasteiger partial charge in [0.2, 0.25) is 0 Å². The molecule has 1 aliphatic heterocycles. The molecule has 1 fully saturated rings. The molecule has 20 heavy (non-hydrogen) atoms. The van der Waals surface area contributed by atoms with Crippen molar-refractivity contribution >= 4 is 29.8 Å². The van der Waals surface area contributed by atoms with Crippen LogP contribution in [0.4, 0.5) is 5.69 Å². The molecule has 0 spiro atoms. The summed E-state index contributed by atoms with van der Waals surface area (Å²) < 4.78 is 4.95. The number of benzene rings is 1. The number of rotatable bonds is 2. The van der Waals surface area contributed by atoms with Gasteiger partial charge >= 0.3 is 5.97 Å². The lowest BCUT2D eigenvalue weighted by Gasteiger charge is -2.20. The number of anilines is 1. The fourth-order valence-electron chi connectivity index (χ4n) is 1.96. The molecule has 0 aliphatic carbocycles. The third-order valence-corrected chi connectivity index (χ3v) is 2.90. The fourth-order valence-corrected chi connectivity index (χ4v) is 1.96. The van der Waals surface area contributed by atoms with Crippen molar-refractivity contribution in [3.05, 3.63) is 41.2 Å². The lowest BCUT2D eigenvalue weighted by atomic mass is 9.98. The number of Topliss-reactive ketones (excluding diaryl/α,β-unsaturated/α-hetero) is 1. The van der Waals surface area contributed by atoms with Crippen molar-refractivity contribution in [1.82, 2.24) is 0 Å². The van der Waals surface area contributed by atoms with E-state index in [4.69, 9.17) is 10.5 Å². The van der Waals surface area contributed by atoms with Crippen LogP contribution in [-0.2, 0) is 20.7 Å². The molecule has 1 heterocycles. The van der Waals surface area contributed by atoms with Gasteiger partial charge < -0.3 is 15.6 Å². The van der Waals surface area contributed by atoms with E-state index in [2.05, 4.69) is 0 Å². The van der Waals surface area contributed by atoms with E-state index in [0.29, 0.717) is 5.69 Å². The molecule has 2 rings (SSSR count). The fraction of sp³-hybridized carbons (Fsp3) is 0.286. The Morgan fingerprint density at radius 3 is 2.50 bits per heavy atom. The number of hydrogen-bond donors (Lipinski definition) is 2. The van der Waals surface area contributed by atoms with Gasteiger partial charge in [-0.05, 0) is 24.6 Å². The number of esters is 1. The molecule has 3 N–H and O–H groups in total. The van der Waals surface area contributed by atoms with Crippen LogP contribution in [0.1, 0.15) is 18.9 Å². The maximum Gasteiger partial charge on any atom is 0.345 e. The third-order valence-electron chi connectivity index (χ3n) is 2.90. The van der Waals surface area contributed by atoms with Gasteiger partial charge in [-0.2, -0.15) is 0 Å². The van der Waals surface area contributed by atoms with Gasteiger partial charge in [-0.3, -0.25) is 4.79 Å². The lowest BCUT2D eigenvalue weighted by molar-refractivity contribution is -0.150. The first-order valence-corrected chi connectivity index (χ1v) is 5.98. The average Bonchev–Trinajstić information content (AvgIpc) is 2.30. The standard InChI is InChI=1S/C14H15NO4.ClH/c1-8-6-11(16)13(14(18)19-8)12(17)7-9-2-4-10(15)5-3-9;/h2-5,8,17H,6-7,15H2,1H3;1H/b13-12+;. The highest BCUT2D eigenvalue weighted by Crippen LogP contribution is 2.20. The van der Waals surface area contributed by atoms with E-state index < -0.39 is 12.1 Å². The Labute approximate surface area is 122 Å². The molecule has 0 saturated carbocycles. The van der Waals surface area contributed by atoms with Gasteiger partial charge in [0.05, 0.1) is 0 Å². The summed E-state index contributed by atoms with van der Waals surface area (Å²) >= 11 is 0. The first-order valence-electron chi connectivity index (χ1n) is 5.98. The van der Waals surface area contributed by atoms with Crippen molar-refractivity contribution in [2.24, 2.45) is 0 Å². The summed E-state index contributed by atoms with van der Waals surface area (Å²) in [6.45, 7) is 1.64. The van der Waals surface area contributed by atoms with Crippen molar-refractivity contribution in [2.45, 2.75) is 25.9 Å². The van der Waals surface area contributed by atoms with E-state index in [1.807, 2.05) is 0 Å². The monoisotopic (exact) mass is 297 g/mol. The summed E-state index contributed by atoms with van der Waals surface area (Å²) in [5, 5.41) is 9.95. The van der Waals surface area contributed by atoms with E-state index in [9.17, 15) is 14.7 Å². The Kier molecular flexibility index (Phi) is 5.16. The smallest absolute Gasteiger partial charge is 0.345 e. The Balaban J connectivity index is 0.00000200. The number of allylic oxidation sites excluding steroid dienone is 1. The number of ketones is 1. The number of hydrogen-bond acceptors (Lipinski definition) is 5. The number of nitrogens with two attached hydrogens (primary N) is 1. The van der Waals surface area contributed by atoms with Crippen LogP contribution in [0, 0.1) is 0 Å². The number of aliphatic hydroxyl groups is 1. The summed E-state index contributed by atoms with van der Waals surface area (Å²) in [6.07, 6.45) is -0.231. The number of halogens is 1. The van der Waals surface area contributed by atoms with Crippen molar-refractivity contribution < 1.29 is 19.4 Å². The zero-order valence-corrected chi connectivity index (χ0v) is 11.8. The highest BCUT2D eigenvalue weighted by Gasteiger charge is 2.32. The minimum atomic E-state index is -0.753. The van der Waals surface area contributed by atoms with Gasteiger partial charge in [-0.15, -0.1) is 12.4 Å². The molecule has 0 amide bonds. The van der Waals surface area contributed by atoms with Crippen LogP contribution in [-0.4, -0.2) is 23.0 Å². The van der Waals surface area contributed by atoms with Gasteiger partial charge in [-0.25, -0.2) is 4.79 Å². The zero-order valence-electron chi connectivity index (χ0n) is 11.0. The second kappa shape index (κ2) is 6.43. The highest BCUT2D eigenvalue weighted by molar-refractivity contribution is 6.19. The van der Waals surface area contributed by atoms with Crippen molar-refractivity contribution in [1.29, 1.82) is 0 Å². The first kappa shape index (κ1) is 16.0. The van der Waals surface area contributed by atoms with Crippen LogP contribution in [0.2, 0.25) is 0 Å². The second-order valence-corrected chi connectivity index (χ2v) is 4.58. The van der Waals surface area contributed by atoms with Crippen LogP contribution in [0.15, 0.2) is 35.6 Å². The molecular weight excluding hydrogens is 282 g/mol. The van der Waals surface area contributed by atoms with Gasteiger partial charge in [0.1, 0.15) is 17.4 Å². The molecular formula is C14H16ClNO4. The average molecular weight is 298 g/mol. The minimum Gasteiger partial charge on any atom is -0.511 e. The van der Waals surface area contributed by atoms with E-state index in [0.717, 1.165) is 5.56 Å². The molecule has 108 valence electrons. The number of nitrogen functional groups attached to an aromatic ring is 1. The van der Waals surface area contributed by atoms with E-state index in [1.54, 1.807) is 31.2 Å². The Bertz CT molecular complexity index is 531. The predicted octanol–water partition coefficient (Wildman–Crippen LogP) is 1.95. The van der Waals surface area contributed by atoms with Gasteiger partial charge in [0, 0.05) is 18.5 Å². The quantitative estimate of drug-likeness (QED) is 0.286. The molecule has 1 unspecified atom stereocenters. The van der Waals surface area contributed by atoms with Crippen LogP contribution in [0.5, 0.6) is 0 Å². The molecule has 5 nitrogen and oxygen atoms in total. The maximum atomic E-state index is 11.8. The van der Waals surface area contributed by atoms with Gasteiger partial charge in [0.25, 0.3) is 0 Å². The van der Waals surface area contributed by atoms with Crippen LogP contribution >= 0.6 is 12.4 Å². The minimum absolute atomic E-state index is 0. The summed E-state index contributed by atoms with van der Waals surface area (Å²) in [4.78, 5) is 23.4. The summed E-state index contributed by atoms with van der Waals surface area (Å²) in [6, 6.07) is 6.84. The zero-order chi connectivity index (χ0) is 14.0. The van der Waals surface area contributed by atoms with Gasteiger partial charge in [0.15, 0.2) is 5.78 Å². The molecule has 1 atom stereocenters. The topological polar surface area (TPSA) is 89.6 Å². The number of ether oxygens (including phenoxy) is 1. The van der Waals surface area contributed by atoms with Crippen LogP contribution in [0.3, 0.4) is 0 Å².